The molecule has 214 valence electrons. The Kier molecular flexibility index (Phi) is 8.12. The molecule has 0 spiro atoms. The van der Waals surface area contributed by atoms with Crippen LogP contribution >= 0.6 is 0 Å². The van der Waals surface area contributed by atoms with Gasteiger partial charge in [0.2, 0.25) is 0 Å². The SMILES string of the molecule is Cc1cc(Cc2ccc(O)cc2)c(O)c(Cc2cc(C)cc(Cc3cc(C)cc(Cc4ccc(O)cc4)c3O)c2O)c1. The third-order valence-electron chi connectivity index (χ3n) is 7.66. The van der Waals surface area contributed by atoms with Crippen LogP contribution in [0.25, 0.3) is 0 Å². The highest BCUT2D eigenvalue weighted by Gasteiger charge is 2.17. The second-order valence-corrected chi connectivity index (χ2v) is 11.3. The van der Waals surface area contributed by atoms with Crippen molar-refractivity contribution in [1.82, 2.24) is 0 Å². The minimum Gasteiger partial charge on any atom is -0.508 e. The molecule has 5 rings (SSSR count). The number of rotatable bonds is 8. The minimum absolute atomic E-state index is 0.155. The molecule has 0 atom stereocenters. The summed E-state index contributed by atoms with van der Waals surface area (Å²) in [5.41, 5.74) is 9.38. The van der Waals surface area contributed by atoms with Crippen LogP contribution in [0.5, 0.6) is 28.7 Å². The van der Waals surface area contributed by atoms with Crippen LogP contribution in [-0.2, 0) is 25.7 Å². The van der Waals surface area contributed by atoms with Crippen molar-refractivity contribution >= 4 is 0 Å². The standard InChI is InChI=1S/C37H36O5/c1-22-12-27(18-25-4-8-33(38)9-5-25)35(40)29(14-22)20-31-16-24(3)17-32(37(31)42)21-30-15-23(2)13-28(36(30)41)19-26-6-10-34(39)11-7-26/h4-17,38-42H,18-21H2,1-3H3. The fourth-order valence-electron chi connectivity index (χ4n) is 5.69. The molecule has 0 aliphatic heterocycles. The zero-order chi connectivity index (χ0) is 30.0. The molecular weight excluding hydrogens is 524 g/mol. The monoisotopic (exact) mass is 560 g/mol. The average Bonchev–Trinajstić information content (AvgIpc) is 2.94. The Hall–Kier alpha value is -4.90. The van der Waals surface area contributed by atoms with Gasteiger partial charge in [-0.25, -0.2) is 0 Å². The summed E-state index contributed by atoms with van der Waals surface area (Å²) in [5.74, 6) is 0.956. The lowest BCUT2D eigenvalue weighted by Crippen LogP contribution is -2.00. The first-order valence-electron chi connectivity index (χ1n) is 14.1. The number of hydrogen-bond acceptors (Lipinski definition) is 5. The molecule has 0 aliphatic carbocycles. The molecule has 5 N–H and O–H groups in total. The van der Waals surface area contributed by atoms with Crippen molar-refractivity contribution < 1.29 is 25.5 Å². The van der Waals surface area contributed by atoms with Crippen LogP contribution in [0.2, 0.25) is 0 Å². The Labute approximate surface area is 246 Å². The molecule has 0 heterocycles. The highest BCUT2D eigenvalue weighted by atomic mass is 16.3. The van der Waals surface area contributed by atoms with Crippen molar-refractivity contribution in [2.45, 2.75) is 46.5 Å². The smallest absolute Gasteiger partial charge is 0.122 e. The molecule has 0 amide bonds. The van der Waals surface area contributed by atoms with Gasteiger partial charge in [0.25, 0.3) is 0 Å². The number of aryl methyl sites for hydroxylation is 3. The molecule has 5 aromatic rings. The lowest BCUT2D eigenvalue weighted by Gasteiger charge is -2.17. The van der Waals surface area contributed by atoms with Crippen molar-refractivity contribution in [2.24, 2.45) is 0 Å². The van der Waals surface area contributed by atoms with Crippen LogP contribution in [0.15, 0.2) is 84.9 Å². The molecule has 0 saturated carbocycles. The van der Waals surface area contributed by atoms with Crippen LogP contribution in [0, 0.1) is 20.8 Å². The average molecular weight is 561 g/mol. The predicted octanol–water partition coefficient (Wildman–Crippen LogP) is 7.50. The van der Waals surface area contributed by atoms with Crippen LogP contribution in [-0.4, -0.2) is 25.5 Å². The van der Waals surface area contributed by atoms with Gasteiger partial charge in [-0.15, -0.1) is 0 Å². The first kappa shape index (κ1) is 28.6. The van der Waals surface area contributed by atoms with Crippen LogP contribution in [0.1, 0.15) is 61.2 Å². The summed E-state index contributed by atoms with van der Waals surface area (Å²) in [6.07, 6.45) is 1.74. The Bertz CT molecular complexity index is 1610. The number of phenols is 5. The van der Waals surface area contributed by atoms with Gasteiger partial charge >= 0.3 is 0 Å². The zero-order valence-corrected chi connectivity index (χ0v) is 24.1. The summed E-state index contributed by atoms with van der Waals surface area (Å²) in [6.45, 7) is 5.95. The van der Waals surface area contributed by atoms with Gasteiger partial charge in [0.05, 0.1) is 0 Å². The van der Waals surface area contributed by atoms with Crippen molar-refractivity contribution in [3.8, 4) is 28.7 Å². The van der Waals surface area contributed by atoms with Gasteiger partial charge in [-0.1, -0.05) is 77.4 Å². The molecule has 0 bridgehead atoms. The largest absolute Gasteiger partial charge is 0.508 e. The summed E-state index contributed by atoms with van der Waals surface area (Å²) in [4.78, 5) is 0. The quantitative estimate of drug-likeness (QED) is 0.135. The van der Waals surface area contributed by atoms with E-state index >= 15 is 0 Å². The Morgan fingerprint density at radius 3 is 0.857 bits per heavy atom. The maximum atomic E-state index is 11.4. The van der Waals surface area contributed by atoms with Crippen molar-refractivity contribution in [2.75, 3.05) is 0 Å². The molecule has 0 saturated heterocycles. The Balaban J connectivity index is 1.44. The van der Waals surface area contributed by atoms with Gasteiger partial charge in [-0.3, -0.25) is 0 Å². The van der Waals surface area contributed by atoms with Crippen molar-refractivity contribution in [3.63, 3.8) is 0 Å². The van der Waals surface area contributed by atoms with E-state index < -0.39 is 0 Å². The summed E-state index contributed by atoms with van der Waals surface area (Å²) in [5, 5.41) is 53.0. The van der Waals surface area contributed by atoms with E-state index in [-0.39, 0.29) is 28.7 Å². The van der Waals surface area contributed by atoms with Gasteiger partial charge in [-0.05, 0) is 89.5 Å². The predicted molar refractivity (Wildman–Crippen MR) is 166 cm³/mol. The lowest BCUT2D eigenvalue weighted by atomic mass is 9.91. The maximum absolute atomic E-state index is 11.4. The van der Waals surface area contributed by atoms with E-state index in [0.29, 0.717) is 36.8 Å². The van der Waals surface area contributed by atoms with E-state index in [2.05, 4.69) is 0 Å². The number of aromatic hydroxyl groups is 5. The molecule has 0 aromatic heterocycles. The van der Waals surface area contributed by atoms with Crippen molar-refractivity contribution in [3.05, 3.63) is 146 Å². The van der Waals surface area contributed by atoms with Crippen molar-refractivity contribution in [1.29, 1.82) is 0 Å². The third kappa shape index (κ3) is 6.52. The molecule has 0 unspecified atom stereocenters. The maximum Gasteiger partial charge on any atom is 0.122 e. The summed E-state index contributed by atoms with van der Waals surface area (Å²) >= 11 is 0. The second-order valence-electron chi connectivity index (χ2n) is 11.3. The van der Waals surface area contributed by atoms with E-state index in [1.165, 1.54) is 0 Å². The first-order chi connectivity index (χ1) is 20.0. The fourth-order valence-corrected chi connectivity index (χ4v) is 5.69. The molecule has 0 aliphatic rings. The molecule has 5 aromatic carbocycles. The van der Waals surface area contributed by atoms with Gasteiger partial charge in [-0.2, -0.15) is 0 Å². The highest BCUT2D eigenvalue weighted by Crippen LogP contribution is 2.36. The molecule has 5 nitrogen and oxygen atoms in total. The highest BCUT2D eigenvalue weighted by molar-refractivity contribution is 5.54. The molecule has 5 heteroatoms. The number of hydrogen-bond donors (Lipinski definition) is 5. The summed E-state index contributed by atoms with van der Waals surface area (Å²) in [6, 6.07) is 25.6. The summed E-state index contributed by atoms with van der Waals surface area (Å²) < 4.78 is 0. The van der Waals surface area contributed by atoms with Crippen LogP contribution < -0.4 is 0 Å². The first-order valence-corrected chi connectivity index (χ1v) is 14.1. The summed E-state index contributed by atoms with van der Waals surface area (Å²) in [7, 11) is 0. The molecular formula is C37H36O5. The van der Waals surface area contributed by atoms with E-state index in [9.17, 15) is 25.5 Å². The van der Waals surface area contributed by atoms with Crippen LogP contribution in [0.4, 0.5) is 0 Å². The number of phenolic OH excluding ortho intramolecular Hbond substituents is 5. The lowest BCUT2D eigenvalue weighted by molar-refractivity contribution is 0.454. The second kappa shape index (κ2) is 11.9. The number of benzene rings is 5. The van der Waals surface area contributed by atoms with E-state index in [4.69, 9.17) is 0 Å². The van der Waals surface area contributed by atoms with Crippen LogP contribution in [0.3, 0.4) is 0 Å². The van der Waals surface area contributed by atoms with E-state index in [0.717, 1.165) is 50.1 Å². The van der Waals surface area contributed by atoms with E-state index in [1.54, 1.807) is 24.3 Å². The third-order valence-corrected chi connectivity index (χ3v) is 7.66. The molecule has 0 fully saturated rings. The topological polar surface area (TPSA) is 101 Å². The molecule has 42 heavy (non-hydrogen) atoms. The Morgan fingerprint density at radius 1 is 0.357 bits per heavy atom. The van der Waals surface area contributed by atoms with Gasteiger partial charge in [0.1, 0.15) is 28.7 Å². The fraction of sp³-hybridized carbons (Fsp3) is 0.189. The van der Waals surface area contributed by atoms with Gasteiger partial charge < -0.3 is 25.5 Å². The zero-order valence-electron chi connectivity index (χ0n) is 24.1. The minimum atomic E-state index is 0.155. The van der Waals surface area contributed by atoms with Gasteiger partial charge in [0, 0.05) is 25.7 Å². The Morgan fingerprint density at radius 2 is 0.595 bits per heavy atom. The molecule has 0 radical (unpaired) electrons. The normalized spacial score (nSPS) is 11.1. The van der Waals surface area contributed by atoms with E-state index in [1.807, 2.05) is 81.4 Å². The van der Waals surface area contributed by atoms with Gasteiger partial charge in [0.15, 0.2) is 0 Å².